The molecule has 1 aliphatic rings. The number of rotatable bonds is 4. The lowest BCUT2D eigenvalue weighted by Gasteiger charge is -2.06. The first-order valence-corrected chi connectivity index (χ1v) is 8.04. The van der Waals surface area contributed by atoms with E-state index in [2.05, 4.69) is 20.8 Å². The molecule has 2 N–H and O–H groups in total. The van der Waals surface area contributed by atoms with Crippen molar-refractivity contribution in [3.63, 3.8) is 0 Å². The molecule has 2 amide bonds. The van der Waals surface area contributed by atoms with Crippen LogP contribution in [-0.4, -0.2) is 16.2 Å². The van der Waals surface area contributed by atoms with E-state index in [0.29, 0.717) is 12.4 Å². The average molecular weight is 306 g/mol. The van der Waals surface area contributed by atoms with E-state index in [1.54, 1.807) is 17.4 Å². The Morgan fingerprint density at radius 2 is 2.29 bits per heavy atom. The number of anilines is 1. The number of nitrogens with zero attached hydrogens (tertiary/aromatic N) is 2. The predicted molar refractivity (Wildman–Crippen MR) is 80.5 cm³/mol. The fraction of sp³-hybridized carbons (Fsp3) is 0.500. The molecule has 0 radical (unpaired) electrons. The quantitative estimate of drug-likeness (QED) is 0.910. The molecular formula is C14H18N4O2S. The normalized spacial score (nSPS) is 13.8. The molecule has 0 aromatic carbocycles. The third kappa shape index (κ3) is 3.41. The van der Waals surface area contributed by atoms with Gasteiger partial charge in [0.1, 0.15) is 10.8 Å². The van der Waals surface area contributed by atoms with Gasteiger partial charge < -0.3 is 9.84 Å². The maximum Gasteiger partial charge on any atom is 0.320 e. The third-order valence-corrected chi connectivity index (χ3v) is 4.60. The number of amides is 2. The Bertz CT molecular complexity index is 611. The highest BCUT2D eigenvalue weighted by Crippen LogP contribution is 2.26. The second-order valence-corrected chi connectivity index (χ2v) is 6.19. The number of thiazole rings is 1. The van der Waals surface area contributed by atoms with Gasteiger partial charge in [0.25, 0.3) is 0 Å². The van der Waals surface area contributed by atoms with Crippen molar-refractivity contribution in [1.29, 1.82) is 0 Å². The Morgan fingerprint density at radius 3 is 3.05 bits per heavy atom. The van der Waals surface area contributed by atoms with Crippen LogP contribution in [0.3, 0.4) is 0 Å². The number of nitrogens with one attached hydrogen (secondary N) is 2. The van der Waals surface area contributed by atoms with E-state index in [9.17, 15) is 4.79 Å². The molecule has 6 nitrogen and oxygen atoms in total. The van der Waals surface area contributed by atoms with Crippen molar-refractivity contribution in [2.24, 2.45) is 0 Å². The summed E-state index contributed by atoms with van der Waals surface area (Å²) in [5.74, 6) is 1.18. The summed E-state index contributed by atoms with van der Waals surface area (Å²) in [6.45, 7) is 2.41. The minimum Gasteiger partial charge on any atom is -0.359 e. The smallest absolute Gasteiger partial charge is 0.320 e. The van der Waals surface area contributed by atoms with Gasteiger partial charge in [-0.3, -0.25) is 5.32 Å². The molecule has 0 bridgehead atoms. The molecule has 2 heterocycles. The number of carbonyl (C=O) groups is 1. The fourth-order valence-corrected chi connectivity index (χ4v) is 3.43. The first-order valence-electron chi connectivity index (χ1n) is 7.22. The van der Waals surface area contributed by atoms with Gasteiger partial charge in [0.15, 0.2) is 5.82 Å². The van der Waals surface area contributed by atoms with E-state index in [1.165, 1.54) is 23.4 Å². The van der Waals surface area contributed by atoms with E-state index in [4.69, 9.17) is 4.52 Å². The van der Waals surface area contributed by atoms with E-state index in [1.807, 2.05) is 6.92 Å². The van der Waals surface area contributed by atoms with Crippen molar-refractivity contribution in [2.75, 3.05) is 5.32 Å². The topological polar surface area (TPSA) is 80.0 Å². The van der Waals surface area contributed by atoms with Crippen molar-refractivity contribution in [1.82, 2.24) is 15.5 Å². The molecule has 0 fully saturated rings. The van der Waals surface area contributed by atoms with E-state index in [0.717, 1.165) is 30.0 Å². The summed E-state index contributed by atoms with van der Waals surface area (Å²) in [7, 11) is 0. The highest BCUT2D eigenvalue weighted by molar-refractivity contribution is 7.11. The highest BCUT2D eigenvalue weighted by atomic mass is 32.1. The van der Waals surface area contributed by atoms with Gasteiger partial charge in [-0.25, -0.2) is 9.78 Å². The molecule has 2 aromatic heterocycles. The maximum absolute atomic E-state index is 11.8. The van der Waals surface area contributed by atoms with Gasteiger partial charge in [-0.1, -0.05) is 12.1 Å². The van der Waals surface area contributed by atoms with Gasteiger partial charge in [0.2, 0.25) is 0 Å². The predicted octanol–water partition coefficient (Wildman–Crippen LogP) is 2.89. The molecule has 2 aromatic rings. The molecule has 0 aliphatic heterocycles. The van der Waals surface area contributed by atoms with E-state index >= 15 is 0 Å². The summed E-state index contributed by atoms with van der Waals surface area (Å²) in [6, 6.07) is 1.43. The standard InChI is InChI=1S/C14H18N4O2S/c1-2-9-7-12(18-20-9)17-14(19)15-8-13-16-10-5-3-4-6-11(10)21-13/h7H,2-6,8H2,1H3,(H2,15,17,18,19). The van der Waals surface area contributed by atoms with Crippen LogP contribution in [0.2, 0.25) is 0 Å². The van der Waals surface area contributed by atoms with Crippen molar-refractivity contribution < 1.29 is 9.32 Å². The first kappa shape index (κ1) is 14.1. The Balaban J connectivity index is 1.52. The van der Waals surface area contributed by atoms with Crippen molar-refractivity contribution in [2.45, 2.75) is 45.6 Å². The van der Waals surface area contributed by atoms with Crippen LogP contribution in [0.25, 0.3) is 0 Å². The van der Waals surface area contributed by atoms with Crippen LogP contribution in [0.5, 0.6) is 0 Å². The van der Waals surface area contributed by atoms with Crippen LogP contribution in [0, 0.1) is 0 Å². The van der Waals surface area contributed by atoms with Gasteiger partial charge in [0.05, 0.1) is 12.2 Å². The van der Waals surface area contributed by atoms with Gasteiger partial charge in [-0.15, -0.1) is 11.3 Å². The van der Waals surface area contributed by atoms with Gasteiger partial charge >= 0.3 is 6.03 Å². The lowest BCUT2D eigenvalue weighted by atomic mass is 10.0. The Morgan fingerprint density at radius 1 is 1.43 bits per heavy atom. The monoisotopic (exact) mass is 306 g/mol. The zero-order valence-electron chi connectivity index (χ0n) is 11.9. The van der Waals surface area contributed by atoms with Crippen molar-refractivity contribution in [3.8, 4) is 0 Å². The number of fused-ring (bicyclic) bond motifs is 1. The summed E-state index contributed by atoms with van der Waals surface area (Å²) in [5, 5.41) is 10.2. The summed E-state index contributed by atoms with van der Waals surface area (Å²) in [5.41, 5.74) is 1.22. The zero-order valence-corrected chi connectivity index (χ0v) is 12.8. The Labute approximate surface area is 126 Å². The van der Waals surface area contributed by atoms with Crippen LogP contribution in [-0.2, 0) is 25.8 Å². The highest BCUT2D eigenvalue weighted by Gasteiger charge is 2.15. The summed E-state index contributed by atoms with van der Waals surface area (Å²) in [4.78, 5) is 17.8. The zero-order chi connectivity index (χ0) is 14.7. The van der Waals surface area contributed by atoms with Crippen LogP contribution >= 0.6 is 11.3 Å². The fourth-order valence-electron chi connectivity index (χ4n) is 2.34. The van der Waals surface area contributed by atoms with Crippen LogP contribution in [0.1, 0.15) is 41.1 Å². The second-order valence-electron chi connectivity index (χ2n) is 5.02. The maximum atomic E-state index is 11.8. The second kappa shape index (κ2) is 6.26. The van der Waals surface area contributed by atoms with Crippen molar-refractivity contribution >= 4 is 23.2 Å². The van der Waals surface area contributed by atoms with Crippen LogP contribution in [0.15, 0.2) is 10.6 Å². The average Bonchev–Trinajstić information content (AvgIpc) is 3.10. The number of hydrogen-bond donors (Lipinski definition) is 2. The number of hydrogen-bond acceptors (Lipinski definition) is 5. The molecule has 3 rings (SSSR count). The van der Waals surface area contributed by atoms with Crippen LogP contribution < -0.4 is 10.6 Å². The Hall–Kier alpha value is -1.89. The van der Waals surface area contributed by atoms with Crippen LogP contribution in [0.4, 0.5) is 10.6 Å². The largest absolute Gasteiger partial charge is 0.359 e. The summed E-state index contributed by atoms with van der Waals surface area (Å²) in [6.07, 6.45) is 5.40. The number of aromatic nitrogens is 2. The van der Waals surface area contributed by atoms with Crippen molar-refractivity contribution in [3.05, 3.63) is 27.4 Å². The first-order chi connectivity index (χ1) is 10.2. The molecule has 0 spiro atoms. The number of urea groups is 1. The summed E-state index contributed by atoms with van der Waals surface area (Å²) < 4.78 is 5.03. The molecule has 7 heteroatoms. The molecule has 0 atom stereocenters. The number of aryl methyl sites for hydroxylation is 3. The third-order valence-electron chi connectivity index (χ3n) is 3.44. The molecular weight excluding hydrogens is 288 g/mol. The molecule has 0 saturated carbocycles. The minimum atomic E-state index is -0.292. The van der Waals surface area contributed by atoms with Gasteiger partial charge in [0, 0.05) is 17.4 Å². The van der Waals surface area contributed by atoms with Gasteiger partial charge in [-0.05, 0) is 25.7 Å². The molecule has 112 valence electrons. The number of carbonyl (C=O) groups excluding carboxylic acids is 1. The molecule has 0 saturated heterocycles. The lowest BCUT2D eigenvalue weighted by molar-refractivity contribution is 0.251. The lowest BCUT2D eigenvalue weighted by Crippen LogP contribution is -2.28. The van der Waals surface area contributed by atoms with E-state index in [-0.39, 0.29) is 6.03 Å². The Kier molecular flexibility index (Phi) is 4.19. The van der Waals surface area contributed by atoms with Gasteiger partial charge in [-0.2, -0.15) is 0 Å². The molecule has 21 heavy (non-hydrogen) atoms. The minimum absolute atomic E-state index is 0.292. The SMILES string of the molecule is CCc1cc(NC(=O)NCc2nc3c(s2)CCCC3)no1. The molecule has 0 unspecified atom stereocenters. The molecule has 1 aliphatic carbocycles. The summed E-state index contributed by atoms with van der Waals surface area (Å²) >= 11 is 1.70. The van der Waals surface area contributed by atoms with E-state index < -0.39 is 0 Å².